The lowest BCUT2D eigenvalue weighted by molar-refractivity contribution is -0.137. The number of rotatable bonds is 2. The van der Waals surface area contributed by atoms with E-state index in [1.165, 1.54) is 4.57 Å². The summed E-state index contributed by atoms with van der Waals surface area (Å²) in [5.41, 5.74) is 0.0634. The van der Waals surface area contributed by atoms with Crippen molar-refractivity contribution in [3.63, 3.8) is 0 Å². The summed E-state index contributed by atoms with van der Waals surface area (Å²) in [5, 5.41) is 0. The van der Waals surface area contributed by atoms with Crippen LogP contribution >= 0.6 is 0 Å². The van der Waals surface area contributed by atoms with Crippen LogP contribution in [-0.2, 0) is 19.8 Å². The average molecular weight is 380 g/mol. The van der Waals surface area contributed by atoms with Crippen molar-refractivity contribution in [3.8, 4) is 11.1 Å². The molecule has 0 fully saturated rings. The highest BCUT2D eigenvalue weighted by molar-refractivity contribution is 5.83. The van der Waals surface area contributed by atoms with Crippen LogP contribution in [0.25, 0.3) is 22.2 Å². The molecule has 0 aliphatic carbocycles. The molecule has 1 aromatic heterocycles. The van der Waals surface area contributed by atoms with Gasteiger partial charge in [-0.05, 0) is 41.3 Å². The van der Waals surface area contributed by atoms with Crippen LogP contribution in [0.15, 0.2) is 41.2 Å². The van der Waals surface area contributed by atoms with E-state index < -0.39 is 17.6 Å². The average Bonchev–Trinajstić information content (AvgIpc) is 2.77. The van der Waals surface area contributed by atoms with E-state index in [2.05, 4.69) is 0 Å². The number of hydrogen-bond acceptors (Lipinski definition) is 1. The topological polar surface area (TPSA) is 26.9 Å². The largest absolute Gasteiger partial charge is 0.416 e. The van der Waals surface area contributed by atoms with Crippen molar-refractivity contribution in [2.45, 2.75) is 33.5 Å². The van der Waals surface area contributed by atoms with Crippen LogP contribution in [0.2, 0.25) is 0 Å². The number of aromatic nitrogens is 2. The Morgan fingerprint density at radius 2 is 1.63 bits per heavy atom. The lowest BCUT2D eigenvalue weighted by Crippen LogP contribution is -2.27. The normalized spacial score (nSPS) is 12.7. The molecular formula is C20H20F4N2O. The Hall–Kier alpha value is -2.57. The van der Waals surface area contributed by atoms with Crippen LogP contribution in [-0.4, -0.2) is 9.13 Å². The zero-order chi connectivity index (χ0) is 20.1. The fraction of sp³-hybridized carbons (Fsp3) is 0.350. The molecule has 0 amide bonds. The second-order valence-corrected chi connectivity index (χ2v) is 7.88. The molecule has 3 nitrogen and oxygen atoms in total. The number of imidazole rings is 1. The molecule has 0 unspecified atom stereocenters. The highest BCUT2D eigenvalue weighted by Crippen LogP contribution is 2.34. The Morgan fingerprint density at radius 3 is 2.22 bits per heavy atom. The summed E-state index contributed by atoms with van der Waals surface area (Å²) < 4.78 is 56.2. The van der Waals surface area contributed by atoms with Crippen LogP contribution in [0, 0.1) is 11.2 Å². The first-order chi connectivity index (χ1) is 12.4. The van der Waals surface area contributed by atoms with Crippen molar-refractivity contribution in [2.24, 2.45) is 12.5 Å². The lowest BCUT2D eigenvalue weighted by Gasteiger charge is -2.18. The van der Waals surface area contributed by atoms with Crippen LogP contribution in [0.1, 0.15) is 26.3 Å². The van der Waals surface area contributed by atoms with E-state index in [9.17, 15) is 22.4 Å². The van der Waals surface area contributed by atoms with Gasteiger partial charge in [-0.1, -0.05) is 26.8 Å². The molecule has 3 rings (SSSR count). The first kappa shape index (κ1) is 19.2. The molecule has 0 saturated heterocycles. The van der Waals surface area contributed by atoms with E-state index in [4.69, 9.17) is 0 Å². The Bertz CT molecular complexity index is 1070. The van der Waals surface area contributed by atoms with Crippen LogP contribution in [0.3, 0.4) is 0 Å². The van der Waals surface area contributed by atoms with Gasteiger partial charge in [0, 0.05) is 19.2 Å². The third kappa shape index (κ3) is 3.63. The van der Waals surface area contributed by atoms with E-state index in [-0.39, 0.29) is 22.2 Å². The second kappa shape index (κ2) is 6.25. The smallest absolute Gasteiger partial charge is 0.295 e. The van der Waals surface area contributed by atoms with Crippen molar-refractivity contribution in [1.29, 1.82) is 0 Å². The molecule has 0 saturated carbocycles. The standard InChI is InChI=1S/C20H20F4N2O/c1-19(2,3)11-26-16-8-5-12(9-17(16)25(4)18(26)27)14-10-13(20(22,23)24)6-7-15(14)21/h5-10H,11H2,1-4H3. The third-order valence-corrected chi connectivity index (χ3v) is 4.38. The summed E-state index contributed by atoms with van der Waals surface area (Å²) in [6, 6.07) is 7.06. The van der Waals surface area contributed by atoms with Crippen molar-refractivity contribution in [1.82, 2.24) is 9.13 Å². The summed E-state index contributed by atoms with van der Waals surface area (Å²) in [7, 11) is 1.59. The molecule has 7 heteroatoms. The minimum Gasteiger partial charge on any atom is -0.295 e. The molecule has 0 bridgehead atoms. The molecule has 0 radical (unpaired) electrons. The predicted octanol–water partition coefficient (Wildman–Crippen LogP) is 5.21. The van der Waals surface area contributed by atoms with Gasteiger partial charge in [0.15, 0.2) is 0 Å². The minimum atomic E-state index is -4.56. The maximum absolute atomic E-state index is 14.2. The zero-order valence-electron chi connectivity index (χ0n) is 15.5. The highest BCUT2D eigenvalue weighted by Gasteiger charge is 2.31. The Balaban J connectivity index is 2.19. The van der Waals surface area contributed by atoms with Gasteiger partial charge in [0.2, 0.25) is 0 Å². The van der Waals surface area contributed by atoms with Crippen LogP contribution in [0.5, 0.6) is 0 Å². The quantitative estimate of drug-likeness (QED) is 0.561. The van der Waals surface area contributed by atoms with E-state index in [1.54, 1.807) is 29.8 Å². The monoisotopic (exact) mass is 380 g/mol. The molecule has 3 aromatic rings. The molecule has 0 atom stereocenters. The molecular weight excluding hydrogens is 360 g/mol. The number of alkyl halides is 3. The van der Waals surface area contributed by atoms with E-state index in [0.717, 1.165) is 12.1 Å². The number of halogens is 4. The van der Waals surface area contributed by atoms with Crippen molar-refractivity contribution >= 4 is 11.0 Å². The fourth-order valence-corrected chi connectivity index (χ4v) is 3.12. The van der Waals surface area contributed by atoms with Crippen molar-refractivity contribution < 1.29 is 17.6 Å². The second-order valence-electron chi connectivity index (χ2n) is 7.88. The summed E-state index contributed by atoms with van der Waals surface area (Å²) in [6.07, 6.45) is -4.56. The summed E-state index contributed by atoms with van der Waals surface area (Å²) in [5.74, 6) is -0.749. The van der Waals surface area contributed by atoms with Gasteiger partial charge >= 0.3 is 11.9 Å². The fourth-order valence-electron chi connectivity index (χ4n) is 3.12. The van der Waals surface area contributed by atoms with Gasteiger partial charge in [0.25, 0.3) is 0 Å². The SMILES string of the molecule is Cn1c(=O)n(CC(C)(C)C)c2ccc(-c3cc(C(F)(F)F)ccc3F)cc21. The Morgan fingerprint density at radius 1 is 0.963 bits per heavy atom. The Kier molecular flexibility index (Phi) is 4.44. The van der Waals surface area contributed by atoms with Gasteiger partial charge in [-0.3, -0.25) is 9.13 Å². The van der Waals surface area contributed by atoms with Gasteiger partial charge < -0.3 is 0 Å². The number of hydrogen-bond donors (Lipinski definition) is 0. The molecule has 0 N–H and O–H groups in total. The molecule has 0 aliphatic heterocycles. The predicted molar refractivity (Wildman–Crippen MR) is 97.0 cm³/mol. The van der Waals surface area contributed by atoms with E-state index in [0.29, 0.717) is 23.6 Å². The van der Waals surface area contributed by atoms with Crippen molar-refractivity contribution in [2.75, 3.05) is 0 Å². The molecule has 2 aromatic carbocycles. The van der Waals surface area contributed by atoms with Crippen LogP contribution in [0.4, 0.5) is 17.6 Å². The summed E-state index contributed by atoms with van der Waals surface area (Å²) >= 11 is 0. The molecule has 27 heavy (non-hydrogen) atoms. The first-order valence-corrected chi connectivity index (χ1v) is 8.45. The van der Waals surface area contributed by atoms with Crippen LogP contribution < -0.4 is 5.69 Å². The number of benzene rings is 2. The van der Waals surface area contributed by atoms with Gasteiger partial charge in [-0.2, -0.15) is 13.2 Å². The van der Waals surface area contributed by atoms with Gasteiger partial charge in [0.1, 0.15) is 5.82 Å². The molecule has 0 aliphatic rings. The summed E-state index contributed by atoms with van der Waals surface area (Å²) in [4.78, 5) is 12.6. The number of fused-ring (bicyclic) bond motifs is 1. The van der Waals surface area contributed by atoms with Gasteiger partial charge in [-0.15, -0.1) is 0 Å². The Labute approximate surface area is 153 Å². The summed E-state index contributed by atoms with van der Waals surface area (Å²) in [6.45, 7) is 6.50. The number of aryl methyl sites for hydroxylation is 1. The van der Waals surface area contributed by atoms with E-state index >= 15 is 0 Å². The van der Waals surface area contributed by atoms with E-state index in [1.807, 2.05) is 20.8 Å². The highest BCUT2D eigenvalue weighted by atomic mass is 19.4. The lowest BCUT2D eigenvalue weighted by atomic mass is 9.96. The van der Waals surface area contributed by atoms with Gasteiger partial charge in [0.05, 0.1) is 16.6 Å². The molecule has 0 spiro atoms. The van der Waals surface area contributed by atoms with Crippen molar-refractivity contribution in [3.05, 3.63) is 58.3 Å². The molecule has 144 valence electrons. The molecule has 1 heterocycles. The maximum atomic E-state index is 14.2. The minimum absolute atomic E-state index is 0.135. The zero-order valence-corrected chi connectivity index (χ0v) is 15.5. The third-order valence-electron chi connectivity index (χ3n) is 4.38. The van der Waals surface area contributed by atoms with Gasteiger partial charge in [-0.25, -0.2) is 9.18 Å². The maximum Gasteiger partial charge on any atom is 0.416 e. The first-order valence-electron chi connectivity index (χ1n) is 8.45. The number of nitrogens with zero attached hydrogens (tertiary/aromatic N) is 2.